The van der Waals surface area contributed by atoms with Crippen molar-refractivity contribution in [3.8, 4) is 0 Å². The lowest BCUT2D eigenvalue weighted by atomic mass is 10.1. The van der Waals surface area contributed by atoms with E-state index in [0.717, 1.165) is 56.7 Å². The number of likely N-dealkylation sites (N-methyl/N-ethyl adjacent to an activating group) is 1. The average molecular weight is 452 g/mol. The Morgan fingerprint density at radius 2 is 2.06 bits per heavy atom. The molecule has 2 N–H and O–H groups in total. The number of piperidine rings is 1. The van der Waals surface area contributed by atoms with Crippen LogP contribution < -0.4 is 15.5 Å². The molecule has 5 rings (SSSR count). The van der Waals surface area contributed by atoms with Crippen LogP contribution >= 0.6 is 0 Å². The summed E-state index contributed by atoms with van der Waals surface area (Å²) >= 11 is 0. The molecular weight excluding hydrogens is 418 g/mol. The fraction of sp³-hybridized carbons (Fsp3) is 0.565. The third-order valence-corrected chi connectivity index (χ3v) is 6.61. The summed E-state index contributed by atoms with van der Waals surface area (Å²) in [7, 11) is 2.11. The van der Waals surface area contributed by atoms with E-state index in [1.54, 1.807) is 0 Å². The number of imidazole rings is 1. The number of nitrogens with zero attached hydrogens (tertiary/aromatic N) is 7. The van der Waals surface area contributed by atoms with Crippen LogP contribution in [0.15, 0.2) is 30.9 Å². The number of hydrogen-bond acceptors (Lipinski definition) is 7. The van der Waals surface area contributed by atoms with E-state index in [0.29, 0.717) is 17.8 Å². The second-order valence-corrected chi connectivity index (χ2v) is 9.48. The minimum Gasteiger partial charge on any atom is -0.350 e. The first-order valence-corrected chi connectivity index (χ1v) is 11.9. The summed E-state index contributed by atoms with van der Waals surface area (Å²) in [4.78, 5) is 26.8. The van der Waals surface area contributed by atoms with Gasteiger partial charge in [-0.1, -0.05) is 0 Å². The molecule has 0 aromatic carbocycles. The quantitative estimate of drug-likeness (QED) is 0.594. The van der Waals surface area contributed by atoms with E-state index >= 15 is 0 Å². The first-order chi connectivity index (χ1) is 16.0. The Bertz CT molecular complexity index is 1120. The standard InChI is InChI=1S/C23H33N9O/c1-16(2)30-14-20(24-15-30)26-21-18-8-6-12-32(18)28-23(27-21)31-11-5-9-19(31)22(33)25-17-7-4-10-29(3)13-17/h6,8,12,14-17,19H,4-5,7,9-11,13H2,1-3H3,(H,25,33)(H,26,27,28). The monoisotopic (exact) mass is 451 g/mol. The molecule has 2 unspecified atom stereocenters. The third-order valence-electron chi connectivity index (χ3n) is 6.61. The molecule has 5 heterocycles. The molecule has 0 spiro atoms. The fourth-order valence-corrected chi connectivity index (χ4v) is 4.80. The molecule has 10 nitrogen and oxygen atoms in total. The average Bonchev–Trinajstić information content (AvgIpc) is 3.53. The molecule has 2 fully saturated rings. The van der Waals surface area contributed by atoms with Gasteiger partial charge >= 0.3 is 0 Å². The molecular formula is C23H33N9O. The van der Waals surface area contributed by atoms with Crippen LogP contribution in [0.1, 0.15) is 45.6 Å². The largest absolute Gasteiger partial charge is 0.350 e. The predicted molar refractivity (Wildman–Crippen MR) is 128 cm³/mol. The van der Waals surface area contributed by atoms with Gasteiger partial charge in [-0.3, -0.25) is 4.79 Å². The number of carbonyl (C=O) groups is 1. The van der Waals surface area contributed by atoms with Gasteiger partial charge in [-0.2, -0.15) is 4.98 Å². The molecule has 3 aromatic heterocycles. The normalized spacial score (nSPS) is 21.8. The van der Waals surface area contributed by atoms with Gasteiger partial charge in [-0.15, -0.1) is 5.10 Å². The number of nitrogens with one attached hydrogen (secondary N) is 2. The van der Waals surface area contributed by atoms with Crippen molar-refractivity contribution in [3.63, 3.8) is 0 Å². The summed E-state index contributed by atoms with van der Waals surface area (Å²) < 4.78 is 3.86. The van der Waals surface area contributed by atoms with Crippen LogP contribution in [-0.4, -0.2) is 73.7 Å². The van der Waals surface area contributed by atoms with Crippen LogP contribution in [0.3, 0.4) is 0 Å². The maximum atomic E-state index is 13.2. The van der Waals surface area contributed by atoms with Crippen molar-refractivity contribution in [1.29, 1.82) is 0 Å². The van der Waals surface area contributed by atoms with Gasteiger partial charge in [0.1, 0.15) is 17.4 Å². The van der Waals surface area contributed by atoms with E-state index in [1.807, 2.05) is 44.8 Å². The first-order valence-electron chi connectivity index (χ1n) is 11.9. The Morgan fingerprint density at radius 1 is 1.21 bits per heavy atom. The Hall–Kier alpha value is -3.14. The molecule has 1 amide bonds. The van der Waals surface area contributed by atoms with Crippen molar-refractivity contribution in [2.45, 2.75) is 57.7 Å². The van der Waals surface area contributed by atoms with Crippen molar-refractivity contribution >= 4 is 29.0 Å². The zero-order valence-electron chi connectivity index (χ0n) is 19.6. The van der Waals surface area contributed by atoms with Crippen molar-refractivity contribution in [1.82, 2.24) is 34.4 Å². The van der Waals surface area contributed by atoms with E-state index in [4.69, 9.17) is 10.1 Å². The SMILES string of the molecule is CC(C)n1cnc(Nc2nc(N3CCCC3C(=O)NC3CCCN(C)C3)nn3cccc23)c1. The summed E-state index contributed by atoms with van der Waals surface area (Å²) in [6.45, 7) is 6.99. The molecule has 33 heavy (non-hydrogen) atoms. The Morgan fingerprint density at radius 3 is 2.85 bits per heavy atom. The highest BCUT2D eigenvalue weighted by atomic mass is 16.2. The second kappa shape index (κ2) is 9.01. The van der Waals surface area contributed by atoms with Crippen LogP contribution in [0, 0.1) is 0 Å². The smallest absolute Gasteiger partial charge is 0.246 e. The summed E-state index contributed by atoms with van der Waals surface area (Å²) in [6.07, 6.45) is 9.59. The molecule has 0 bridgehead atoms. The first kappa shape index (κ1) is 21.7. The predicted octanol–water partition coefficient (Wildman–Crippen LogP) is 2.43. The van der Waals surface area contributed by atoms with E-state index < -0.39 is 0 Å². The molecule has 0 radical (unpaired) electrons. The fourth-order valence-electron chi connectivity index (χ4n) is 4.80. The zero-order chi connectivity index (χ0) is 22.9. The molecule has 176 valence electrons. The van der Waals surface area contributed by atoms with Gasteiger partial charge in [-0.25, -0.2) is 9.50 Å². The number of hydrogen-bond donors (Lipinski definition) is 2. The molecule has 2 saturated heterocycles. The van der Waals surface area contributed by atoms with E-state index in [1.165, 1.54) is 0 Å². The highest BCUT2D eigenvalue weighted by Crippen LogP contribution is 2.27. The zero-order valence-corrected chi connectivity index (χ0v) is 19.6. The molecule has 3 aromatic rings. The number of rotatable bonds is 6. The van der Waals surface area contributed by atoms with Gasteiger partial charge in [-0.05, 0) is 65.3 Å². The summed E-state index contributed by atoms with van der Waals surface area (Å²) in [5, 5.41) is 11.4. The number of aromatic nitrogens is 5. The lowest BCUT2D eigenvalue weighted by Gasteiger charge is -2.32. The van der Waals surface area contributed by atoms with E-state index in [9.17, 15) is 4.79 Å². The lowest BCUT2D eigenvalue weighted by Crippen LogP contribution is -2.52. The minimum atomic E-state index is -0.252. The number of amides is 1. The number of likely N-dealkylation sites (tertiary alicyclic amines) is 1. The van der Waals surface area contributed by atoms with Gasteiger partial charge in [0.2, 0.25) is 11.9 Å². The van der Waals surface area contributed by atoms with Crippen molar-refractivity contribution in [2.75, 3.05) is 36.9 Å². The van der Waals surface area contributed by atoms with Crippen LogP contribution in [0.5, 0.6) is 0 Å². The molecule has 0 saturated carbocycles. The van der Waals surface area contributed by atoms with Gasteiger partial charge in [0.05, 0.1) is 6.33 Å². The third kappa shape index (κ3) is 4.52. The highest BCUT2D eigenvalue weighted by Gasteiger charge is 2.34. The number of anilines is 3. The number of carbonyl (C=O) groups excluding carboxylic acids is 1. The molecule has 0 aliphatic carbocycles. The van der Waals surface area contributed by atoms with E-state index in [2.05, 4.69) is 41.4 Å². The van der Waals surface area contributed by atoms with Crippen molar-refractivity contribution in [3.05, 3.63) is 30.9 Å². The molecule has 2 aliphatic rings. The minimum absolute atomic E-state index is 0.0780. The van der Waals surface area contributed by atoms with Crippen molar-refractivity contribution < 1.29 is 4.79 Å². The van der Waals surface area contributed by atoms with Crippen LogP contribution in [0.2, 0.25) is 0 Å². The summed E-state index contributed by atoms with van der Waals surface area (Å²) in [5.74, 6) is 2.05. The van der Waals surface area contributed by atoms with Crippen LogP contribution in [-0.2, 0) is 4.79 Å². The van der Waals surface area contributed by atoms with Crippen LogP contribution in [0.25, 0.3) is 5.52 Å². The highest BCUT2D eigenvalue weighted by molar-refractivity contribution is 5.86. The maximum Gasteiger partial charge on any atom is 0.246 e. The van der Waals surface area contributed by atoms with Crippen molar-refractivity contribution in [2.24, 2.45) is 0 Å². The van der Waals surface area contributed by atoms with Gasteiger partial charge in [0.15, 0.2) is 5.82 Å². The van der Waals surface area contributed by atoms with Gasteiger partial charge in [0.25, 0.3) is 0 Å². The topological polar surface area (TPSA) is 95.6 Å². The van der Waals surface area contributed by atoms with E-state index in [-0.39, 0.29) is 18.0 Å². The summed E-state index contributed by atoms with van der Waals surface area (Å²) in [6, 6.07) is 4.20. The molecule has 10 heteroatoms. The summed E-state index contributed by atoms with van der Waals surface area (Å²) in [5.41, 5.74) is 0.864. The number of fused-ring (bicyclic) bond motifs is 1. The Labute approximate surface area is 194 Å². The molecule has 2 aliphatic heterocycles. The van der Waals surface area contributed by atoms with Gasteiger partial charge in [0, 0.05) is 37.6 Å². The van der Waals surface area contributed by atoms with Crippen LogP contribution in [0.4, 0.5) is 17.6 Å². The lowest BCUT2D eigenvalue weighted by molar-refractivity contribution is -0.123. The second-order valence-electron chi connectivity index (χ2n) is 9.48. The Balaban J connectivity index is 1.38. The maximum absolute atomic E-state index is 13.2. The van der Waals surface area contributed by atoms with Gasteiger partial charge < -0.3 is 25.0 Å². The molecule has 2 atom stereocenters. The Kier molecular flexibility index (Phi) is 5.92.